The summed E-state index contributed by atoms with van der Waals surface area (Å²) in [5, 5.41) is 5.23. The number of fused-ring (bicyclic) bond motifs is 3. The van der Waals surface area contributed by atoms with Crippen LogP contribution in [0, 0.1) is 0 Å². The molecular weight excluding hydrogens is 290 g/mol. The molecule has 2 aliphatic rings. The smallest absolute Gasteiger partial charge is 0.127 e. The summed E-state index contributed by atoms with van der Waals surface area (Å²) in [6.07, 6.45) is 3.31. The molecule has 2 heterocycles. The lowest BCUT2D eigenvalue weighted by atomic mass is 9.93. The van der Waals surface area contributed by atoms with E-state index in [2.05, 4.69) is 25.2 Å². The highest BCUT2D eigenvalue weighted by Crippen LogP contribution is 2.48. The van der Waals surface area contributed by atoms with E-state index in [9.17, 15) is 0 Å². The van der Waals surface area contributed by atoms with Gasteiger partial charge in [0, 0.05) is 34.1 Å². The van der Waals surface area contributed by atoms with Crippen LogP contribution in [0.15, 0.2) is 6.07 Å². The van der Waals surface area contributed by atoms with Crippen LogP contribution in [0.3, 0.4) is 0 Å². The van der Waals surface area contributed by atoms with Gasteiger partial charge in [-0.05, 0) is 36.6 Å². The van der Waals surface area contributed by atoms with Crippen molar-refractivity contribution in [3.05, 3.63) is 27.8 Å². The summed E-state index contributed by atoms with van der Waals surface area (Å²) in [6.45, 7) is 6.31. The molecule has 0 amide bonds. The van der Waals surface area contributed by atoms with E-state index in [0.29, 0.717) is 11.3 Å². The van der Waals surface area contributed by atoms with Gasteiger partial charge in [-0.1, -0.05) is 25.4 Å². The predicted molar refractivity (Wildman–Crippen MR) is 87.1 cm³/mol. The Labute approximate surface area is 130 Å². The maximum Gasteiger partial charge on any atom is 0.127 e. The first-order chi connectivity index (χ1) is 9.76. The molecule has 2 aliphatic heterocycles. The van der Waals surface area contributed by atoms with Crippen LogP contribution in [0.4, 0.5) is 0 Å². The van der Waals surface area contributed by atoms with Gasteiger partial charge in [0.1, 0.15) is 5.75 Å². The number of hydrogen-bond donors (Lipinski definition) is 1. The lowest BCUT2D eigenvalue weighted by Crippen LogP contribution is -2.34. The average molecular weight is 312 g/mol. The van der Waals surface area contributed by atoms with E-state index in [1.807, 2.05) is 11.8 Å². The molecule has 1 aromatic carbocycles. The summed E-state index contributed by atoms with van der Waals surface area (Å²) < 4.78 is 5.87. The first kappa shape index (κ1) is 14.6. The van der Waals surface area contributed by atoms with Crippen molar-refractivity contribution in [2.45, 2.75) is 50.2 Å². The van der Waals surface area contributed by atoms with E-state index >= 15 is 0 Å². The van der Waals surface area contributed by atoms with Crippen LogP contribution < -0.4 is 10.1 Å². The summed E-state index contributed by atoms with van der Waals surface area (Å²) >= 11 is 8.65. The van der Waals surface area contributed by atoms with Crippen molar-refractivity contribution < 1.29 is 4.74 Å². The van der Waals surface area contributed by atoms with Crippen molar-refractivity contribution in [1.29, 1.82) is 0 Å². The van der Waals surface area contributed by atoms with Crippen molar-refractivity contribution >= 4 is 23.4 Å². The van der Waals surface area contributed by atoms with Gasteiger partial charge in [0.25, 0.3) is 0 Å². The fourth-order valence-corrected chi connectivity index (χ4v) is 4.92. The Morgan fingerprint density at radius 3 is 3.05 bits per heavy atom. The van der Waals surface area contributed by atoms with E-state index < -0.39 is 0 Å². The molecule has 20 heavy (non-hydrogen) atoms. The summed E-state index contributed by atoms with van der Waals surface area (Å²) in [6, 6.07) is 2.49. The molecule has 2 nitrogen and oxygen atoms in total. The third kappa shape index (κ3) is 2.44. The largest absolute Gasteiger partial charge is 0.493 e. The number of halogens is 1. The number of benzene rings is 1. The highest BCUT2D eigenvalue weighted by Gasteiger charge is 2.34. The monoisotopic (exact) mass is 311 g/mol. The highest BCUT2D eigenvalue weighted by molar-refractivity contribution is 7.99. The number of nitrogens with one attached hydrogen (secondary N) is 1. The standard InChI is InChI=1S/C16H22ClNOS/c1-3-6-18-15-13(4-2)20-9-11-14(15)12(17)8-10-5-7-19-16(10)11/h8,13,15,18H,3-7,9H2,1-2H3. The SMILES string of the molecule is CCCNC1c2c(Cl)cc3c(c2CSC1CC)OCC3. The molecule has 1 aromatic rings. The van der Waals surface area contributed by atoms with Gasteiger partial charge in [0.05, 0.1) is 6.61 Å². The number of hydrogen-bond acceptors (Lipinski definition) is 3. The maximum absolute atomic E-state index is 6.62. The molecule has 2 atom stereocenters. The third-order valence-corrected chi connectivity index (χ3v) is 6.01. The fourth-order valence-electron chi connectivity index (χ4n) is 3.22. The molecule has 0 radical (unpaired) electrons. The zero-order valence-corrected chi connectivity index (χ0v) is 13.7. The Kier molecular flexibility index (Phi) is 4.49. The lowest BCUT2D eigenvalue weighted by molar-refractivity contribution is 0.353. The molecule has 2 unspecified atom stereocenters. The minimum atomic E-state index is 0.357. The van der Waals surface area contributed by atoms with Crippen molar-refractivity contribution in [2.75, 3.05) is 13.2 Å². The van der Waals surface area contributed by atoms with E-state index in [-0.39, 0.29) is 0 Å². The Balaban J connectivity index is 2.04. The molecule has 110 valence electrons. The Hall–Kier alpha value is -0.380. The second kappa shape index (κ2) is 6.17. The second-order valence-corrected chi connectivity index (χ2v) is 7.16. The summed E-state index contributed by atoms with van der Waals surface area (Å²) in [5.74, 6) is 2.15. The van der Waals surface area contributed by atoms with E-state index in [0.717, 1.165) is 42.5 Å². The van der Waals surface area contributed by atoms with Crippen molar-refractivity contribution in [1.82, 2.24) is 5.32 Å². The minimum absolute atomic E-state index is 0.357. The summed E-state index contributed by atoms with van der Waals surface area (Å²) in [5.41, 5.74) is 3.93. The van der Waals surface area contributed by atoms with Crippen molar-refractivity contribution in [3.63, 3.8) is 0 Å². The normalized spacial score (nSPS) is 24.1. The molecule has 0 saturated heterocycles. The first-order valence-corrected chi connectivity index (χ1v) is 9.00. The molecule has 0 fully saturated rings. The summed E-state index contributed by atoms with van der Waals surface area (Å²) in [7, 11) is 0. The van der Waals surface area contributed by atoms with Crippen molar-refractivity contribution in [3.8, 4) is 5.75 Å². The molecule has 0 aromatic heterocycles. The van der Waals surface area contributed by atoms with Crippen LogP contribution in [0.1, 0.15) is 49.4 Å². The van der Waals surface area contributed by atoms with Crippen LogP contribution in [0.25, 0.3) is 0 Å². The molecule has 4 heteroatoms. The maximum atomic E-state index is 6.62. The van der Waals surface area contributed by atoms with Gasteiger partial charge in [-0.3, -0.25) is 0 Å². The topological polar surface area (TPSA) is 21.3 Å². The van der Waals surface area contributed by atoms with Gasteiger partial charge in [-0.15, -0.1) is 0 Å². The van der Waals surface area contributed by atoms with Crippen LogP contribution in [0.5, 0.6) is 5.75 Å². The van der Waals surface area contributed by atoms with Crippen LogP contribution in [-0.2, 0) is 12.2 Å². The quantitative estimate of drug-likeness (QED) is 0.893. The van der Waals surface area contributed by atoms with Gasteiger partial charge in [-0.2, -0.15) is 11.8 Å². The number of rotatable bonds is 4. The molecule has 0 bridgehead atoms. The number of thioether (sulfide) groups is 1. The van der Waals surface area contributed by atoms with Crippen LogP contribution in [-0.4, -0.2) is 18.4 Å². The van der Waals surface area contributed by atoms with E-state index in [4.69, 9.17) is 16.3 Å². The summed E-state index contributed by atoms with van der Waals surface area (Å²) in [4.78, 5) is 0. The highest BCUT2D eigenvalue weighted by atomic mass is 35.5. The van der Waals surface area contributed by atoms with Gasteiger partial charge in [0.15, 0.2) is 0 Å². The van der Waals surface area contributed by atoms with Crippen molar-refractivity contribution in [2.24, 2.45) is 0 Å². The minimum Gasteiger partial charge on any atom is -0.493 e. The lowest BCUT2D eigenvalue weighted by Gasteiger charge is -2.35. The van der Waals surface area contributed by atoms with E-state index in [1.54, 1.807) is 0 Å². The zero-order valence-electron chi connectivity index (χ0n) is 12.2. The third-order valence-electron chi connectivity index (χ3n) is 4.21. The van der Waals surface area contributed by atoms with Crippen LogP contribution in [0.2, 0.25) is 5.02 Å². The molecule has 0 saturated carbocycles. The number of ether oxygens (including phenoxy) is 1. The first-order valence-electron chi connectivity index (χ1n) is 7.58. The van der Waals surface area contributed by atoms with E-state index in [1.165, 1.54) is 23.1 Å². The van der Waals surface area contributed by atoms with Gasteiger partial charge in [0.2, 0.25) is 0 Å². The van der Waals surface area contributed by atoms with Crippen LogP contribution >= 0.6 is 23.4 Å². The molecule has 3 rings (SSSR count). The molecule has 1 N–H and O–H groups in total. The van der Waals surface area contributed by atoms with Gasteiger partial charge >= 0.3 is 0 Å². The molecule has 0 aliphatic carbocycles. The predicted octanol–water partition coefficient (Wildman–Crippen LogP) is 4.34. The zero-order chi connectivity index (χ0) is 14.1. The Bertz CT molecular complexity index is 506. The van der Waals surface area contributed by atoms with Gasteiger partial charge in [-0.25, -0.2) is 0 Å². The second-order valence-electron chi connectivity index (χ2n) is 5.53. The Morgan fingerprint density at radius 2 is 2.30 bits per heavy atom. The molecule has 0 spiro atoms. The Morgan fingerprint density at radius 1 is 1.45 bits per heavy atom. The fraction of sp³-hybridized carbons (Fsp3) is 0.625. The average Bonchev–Trinajstić information content (AvgIpc) is 2.92. The molecular formula is C16H22ClNOS. The van der Waals surface area contributed by atoms with Gasteiger partial charge < -0.3 is 10.1 Å².